The molecule has 1 aromatic heterocycles. The molecule has 0 saturated heterocycles. The average molecular weight is 216 g/mol. The Kier molecular flexibility index (Phi) is 9.73. The minimum atomic E-state index is -2.32. The first-order valence-electron chi connectivity index (χ1n) is 4.35. The number of rotatable bonds is 4. The molecule has 0 saturated carbocycles. The van der Waals surface area contributed by atoms with Crippen LogP contribution >= 0.6 is 0 Å². The van der Waals surface area contributed by atoms with E-state index < -0.39 is 11.4 Å². The highest BCUT2D eigenvalue weighted by molar-refractivity contribution is 7.74. The van der Waals surface area contributed by atoms with E-state index in [0.29, 0.717) is 6.61 Å². The van der Waals surface area contributed by atoms with E-state index in [0.717, 1.165) is 12.8 Å². The molecule has 0 radical (unpaired) electrons. The van der Waals surface area contributed by atoms with Gasteiger partial charge in [-0.25, -0.2) is 4.21 Å². The lowest BCUT2D eigenvalue weighted by atomic mass is 10.4. The second-order valence-corrected chi connectivity index (χ2v) is 3.05. The van der Waals surface area contributed by atoms with Crippen molar-refractivity contribution in [2.75, 3.05) is 6.61 Å². The standard InChI is InChI=1S/C5H5N.C4H10O3S/c1-2-4-6-5-3-1;1-2-3-4-7-8(5)6/h1-5H;2-4H2,1H3,(H,5,6)/p-1. The molecule has 4 nitrogen and oxygen atoms in total. The van der Waals surface area contributed by atoms with Crippen molar-refractivity contribution in [3.63, 3.8) is 0 Å². The Labute approximate surface area is 86.8 Å². The van der Waals surface area contributed by atoms with Crippen molar-refractivity contribution in [1.29, 1.82) is 0 Å². The van der Waals surface area contributed by atoms with Crippen LogP contribution in [0, 0.1) is 0 Å². The topological polar surface area (TPSA) is 62.2 Å². The van der Waals surface area contributed by atoms with Crippen molar-refractivity contribution in [1.82, 2.24) is 4.98 Å². The molecule has 0 aliphatic carbocycles. The van der Waals surface area contributed by atoms with Crippen molar-refractivity contribution in [3.05, 3.63) is 30.6 Å². The van der Waals surface area contributed by atoms with Crippen LogP contribution in [0.2, 0.25) is 0 Å². The van der Waals surface area contributed by atoms with Gasteiger partial charge in [0.1, 0.15) is 0 Å². The zero-order chi connectivity index (χ0) is 10.6. The van der Waals surface area contributed by atoms with Gasteiger partial charge in [0, 0.05) is 12.4 Å². The molecule has 0 amide bonds. The molecule has 1 heterocycles. The normalized spacial score (nSPS) is 11.3. The molecule has 0 spiro atoms. The Bertz CT molecular complexity index is 204. The number of pyridine rings is 1. The van der Waals surface area contributed by atoms with Crippen molar-refractivity contribution in [3.8, 4) is 0 Å². The maximum absolute atomic E-state index is 9.65. The van der Waals surface area contributed by atoms with Gasteiger partial charge < -0.3 is 8.74 Å². The number of hydrogen-bond donors (Lipinski definition) is 0. The van der Waals surface area contributed by atoms with E-state index in [-0.39, 0.29) is 0 Å². The molecular weight excluding hydrogens is 202 g/mol. The molecule has 0 aliphatic rings. The fourth-order valence-electron chi connectivity index (χ4n) is 0.584. The summed E-state index contributed by atoms with van der Waals surface area (Å²) in [5.74, 6) is 0. The van der Waals surface area contributed by atoms with Gasteiger partial charge in [0.05, 0.1) is 18.0 Å². The zero-order valence-corrected chi connectivity index (χ0v) is 8.90. The second-order valence-electron chi connectivity index (χ2n) is 2.40. The average Bonchev–Trinajstić information content (AvgIpc) is 2.21. The van der Waals surface area contributed by atoms with Gasteiger partial charge in [0.25, 0.3) is 0 Å². The van der Waals surface area contributed by atoms with Gasteiger partial charge in [0.2, 0.25) is 0 Å². The van der Waals surface area contributed by atoms with Gasteiger partial charge in [-0.1, -0.05) is 19.4 Å². The summed E-state index contributed by atoms with van der Waals surface area (Å²) in [5, 5.41) is 0. The Morgan fingerprint density at radius 2 is 2.00 bits per heavy atom. The van der Waals surface area contributed by atoms with Crippen molar-refractivity contribution in [2.24, 2.45) is 0 Å². The summed E-state index contributed by atoms with van der Waals surface area (Å²) in [5.41, 5.74) is 0. The maximum atomic E-state index is 9.65. The number of aromatic nitrogens is 1. The molecule has 1 atom stereocenters. The van der Waals surface area contributed by atoms with Crippen LogP contribution in [-0.2, 0) is 15.5 Å². The van der Waals surface area contributed by atoms with Crippen molar-refractivity contribution in [2.45, 2.75) is 19.8 Å². The minimum Gasteiger partial charge on any atom is -0.750 e. The maximum Gasteiger partial charge on any atom is 0.0842 e. The number of hydrogen-bond acceptors (Lipinski definition) is 4. The molecule has 5 heteroatoms. The molecule has 0 N–H and O–H groups in total. The second kappa shape index (κ2) is 10.3. The molecule has 1 aromatic rings. The van der Waals surface area contributed by atoms with Crippen LogP contribution in [0.1, 0.15) is 19.8 Å². The van der Waals surface area contributed by atoms with Gasteiger partial charge in [0.15, 0.2) is 0 Å². The number of unbranched alkanes of at least 4 members (excludes halogenated alkanes) is 1. The summed E-state index contributed by atoms with van der Waals surface area (Å²) < 4.78 is 23.5. The number of nitrogens with zero attached hydrogens (tertiary/aromatic N) is 1. The summed E-state index contributed by atoms with van der Waals surface area (Å²) in [4.78, 5) is 3.78. The van der Waals surface area contributed by atoms with E-state index in [1.807, 2.05) is 25.1 Å². The minimum absolute atomic E-state index is 0.312. The SMILES string of the molecule is CCCCOS(=O)[O-].c1ccncc1. The molecule has 14 heavy (non-hydrogen) atoms. The third-order valence-electron chi connectivity index (χ3n) is 1.24. The van der Waals surface area contributed by atoms with Crippen LogP contribution in [0.5, 0.6) is 0 Å². The van der Waals surface area contributed by atoms with Gasteiger partial charge in [-0.2, -0.15) is 0 Å². The lowest BCUT2D eigenvalue weighted by molar-refractivity contribution is 0.294. The van der Waals surface area contributed by atoms with E-state index in [4.69, 9.17) is 0 Å². The molecule has 0 fully saturated rings. The Morgan fingerprint density at radius 1 is 1.36 bits per heavy atom. The predicted molar refractivity (Wildman–Crippen MR) is 54.0 cm³/mol. The van der Waals surface area contributed by atoms with Gasteiger partial charge in [-0.15, -0.1) is 0 Å². The van der Waals surface area contributed by atoms with Crippen molar-refractivity contribution >= 4 is 11.4 Å². The van der Waals surface area contributed by atoms with Crippen LogP contribution in [0.3, 0.4) is 0 Å². The Hall–Kier alpha value is -0.780. The highest BCUT2D eigenvalue weighted by Gasteiger charge is 1.82. The molecule has 1 unspecified atom stereocenters. The third kappa shape index (κ3) is 11.2. The molecule has 0 aliphatic heterocycles. The van der Waals surface area contributed by atoms with Gasteiger partial charge >= 0.3 is 0 Å². The third-order valence-corrected chi connectivity index (χ3v) is 1.60. The van der Waals surface area contributed by atoms with E-state index >= 15 is 0 Å². The summed E-state index contributed by atoms with van der Waals surface area (Å²) in [6, 6.07) is 5.72. The smallest absolute Gasteiger partial charge is 0.0842 e. The Morgan fingerprint density at radius 3 is 2.29 bits per heavy atom. The fourth-order valence-corrected chi connectivity index (χ4v) is 0.838. The van der Waals surface area contributed by atoms with E-state index in [9.17, 15) is 8.76 Å². The largest absolute Gasteiger partial charge is 0.750 e. The van der Waals surface area contributed by atoms with Crippen LogP contribution < -0.4 is 0 Å². The van der Waals surface area contributed by atoms with Crippen molar-refractivity contribution < 1.29 is 12.9 Å². The first-order chi connectivity index (χ1) is 6.77. The first kappa shape index (κ1) is 13.2. The van der Waals surface area contributed by atoms with E-state index in [1.54, 1.807) is 12.4 Å². The summed E-state index contributed by atoms with van der Waals surface area (Å²) in [7, 11) is 0. The highest BCUT2D eigenvalue weighted by atomic mass is 32.2. The van der Waals surface area contributed by atoms with E-state index in [2.05, 4.69) is 9.17 Å². The van der Waals surface area contributed by atoms with Crippen LogP contribution in [0.15, 0.2) is 30.6 Å². The lowest BCUT2D eigenvalue weighted by Gasteiger charge is -2.02. The summed E-state index contributed by atoms with van der Waals surface area (Å²) in [6.45, 7) is 2.28. The fraction of sp³-hybridized carbons (Fsp3) is 0.444. The summed E-state index contributed by atoms with van der Waals surface area (Å²) in [6.07, 6.45) is 5.26. The lowest BCUT2D eigenvalue weighted by Crippen LogP contribution is -1.96. The summed E-state index contributed by atoms with van der Waals surface area (Å²) >= 11 is -2.32. The van der Waals surface area contributed by atoms with Crippen LogP contribution in [0.4, 0.5) is 0 Å². The molecule has 0 bridgehead atoms. The van der Waals surface area contributed by atoms with Crippen LogP contribution in [0.25, 0.3) is 0 Å². The predicted octanol–water partition coefficient (Wildman–Crippen LogP) is 1.68. The van der Waals surface area contributed by atoms with E-state index in [1.165, 1.54) is 0 Å². The molecular formula is C9H14NO3S-. The molecule has 1 rings (SSSR count). The molecule has 80 valence electrons. The van der Waals surface area contributed by atoms with Crippen LogP contribution in [-0.4, -0.2) is 20.4 Å². The Balaban J connectivity index is 0.000000249. The van der Waals surface area contributed by atoms with Gasteiger partial charge in [-0.3, -0.25) is 4.98 Å². The van der Waals surface area contributed by atoms with Gasteiger partial charge in [-0.05, 0) is 18.6 Å². The monoisotopic (exact) mass is 216 g/mol. The first-order valence-corrected chi connectivity index (χ1v) is 5.35. The highest BCUT2D eigenvalue weighted by Crippen LogP contribution is 1.88. The molecule has 0 aromatic carbocycles. The zero-order valence-electron chi connectivity index (χ0n) is 8.09. The quantitative estimate of drug-likeness (QED) is 0.567.